The first-order chi connectivity index (χ1) is 5.87. The van der Waals surface area contributed by atoms with Crippen LogP contribution in [0.1, 0.15) is 33.6 Å². The van der Waals surface area contributed by atoms with Crippen molar-refractivity contribution in [2.45, 2.75) is 44.7 Å². The van der Waals surface area contributed by atoms with Gasteiger partial charge in [0.1, 0.15) is 0 Å². The van der Waals surface area contributed by atoms with Crippen molar-refractivity contribution in [2.24, 2.45) is 5.73 Å². The van der Waals surface area contributed by atoms with E-state index >= 15 is 0 Å². The fourth-order valence-corrected chi connectivity index (χ4v) is 1.14. The molecule has 1 aliphatic carbocycles. The Labute approximate surface area is 79.3 Å². The highest BCUT2D eigenvalue weighted by molar-refractivity contribution is 5.76. The molecule has 0 aromatic rings. The van der Waals surface area contributed by atoms with Crippen molar-refractivity contribution >= 4 is 6.03 Å². The zero-order chi connectivity index (χ0) is 10.1. The first-order valence-electron chi connectivity index (χ1n) is 4.67. The fraction of sp³-hybridized carbons (Fsp3) is 0.889. The molecule has 76 valence electrons. The van der Waals surface area contributed by atoms with Gasteiger partial charge >= 0.3 is 6.03 Å². The van der Waals surface area contributed by atoms with Gasteiger partial charge in [-0.3, -0.25) is 0 Å². The minimum absolute atomic E-state index is 0.102. The highest BCUT2D eigenvalue weighted by atomic mass is 16.2. The molecule has 1 aliphatic rings. The monoisotopic (exact) mass is 185 g/mol. The molecule has 0 aliphatic heterocycles. The summed E-state index contributed by atoms with van der Waals surface area (Å²) in [5.41, 5.74) is 5.25. The Morgan fingerprint density at radius 2 is 2.00 bits per heavy atom. The number of carbonyl (C=O) groups is 1. The molecule has 2 amide bonds. The minimum atomic E-state index is -0.186. The zero-order valence-electron chi connectivity index (χ0n) is 8.61. The van der Waals surface area contributed by atoms with Crippen molar-refractivity contribution < 1.29 is 4.79 Å². The second-order valence-corrected chi connectivity index (χ2v) is 4.81. The van der Waals surface area contributed by atoms with Crippen LogP contribution >= 0.6 is 0 Å². The molecule has 0 aromatic carbocycles. The zero-order valence-corrected chi connectivity index (χ0v) is 8.61. The summed E-state index contributed by atoms with van der Waals surface area (Å²) in [6.07, 6.45) is 2.00. The van der Waals surface area contributed by atoms with Gasteiger partial charge in [0.25, 0.3) is 0 Å². The van der Waals surface area contributed by atoms with Gasteiger partial charge in [0.15, 0.2) is 0 Å². The molecule has 0 atom stereocenters. The predicted octanol–water partition coefficient (Wildman–Crippen LogP) is 0.575. The van der Waals surface area contributed by atoms with E-state index in [-0.39, 0.29) is 17.1 Å². The Balaban J connectivity index is 2.34. The molecule has 0 aromatic heterocycles. The first kappa shape index (κ1) is 10.3. The van der Waals surface area contributed by atoms with Crippen LogP contribution in [0.2, 0.25) is 0 Å². The number of nitrogens with one attached hydrogen (secondary N) is 2. The van der Waals surface area contributed by atoms with Crippen molar-refractivity contribution in [1.82, 2.24) is 10.6 Å². The molecule has 4 nitrogen and oxygen atoms in total. The highest BCUT2D eigenvalue weighted by Gasteiger charge is 2.42. The summed E-state index contributed by atoms with van der Waals surface area (Å²) in [5, 5.41) is 5.74. The SMILES string of the molecule is CC(C)(C)NC(=O)NC1(CN)CC1. The Hall–Kier alpha value is -0.770. The van der Waals surface area contributed by atoms with Crippen LogP contribution in [0.5, 0.6) is 0 Å². The van der Waals surface area contributed by atoms with Crippen molar-refractivity contribution in [3.63, 3.8) is 0 Å². The molecule has 1 rings (SSSR count). The van der Waals surface area contributed by atoms with Gasteiger partial charge in [-0.2, -0.15) is 0 Å². The van der Waals surface area contributed by atoms with Gasteiger partial charge < -0.3 is 16.4 Å². The quantitative estimate of drug-likeness (QED) is 0.589. The molecule has 0 saturated heterocycles. The molecule has 13 heavy (non-hydrogen) atoms. The maximum absolute atomic E-state index is 11.4. The summed E-state index contributed by atoms with van der Waals surface area (Å²) in [5.74, 6) is 0. The molecule has 0 bridgehead atoms. The molecule has 4 N–H and O–H groups in total. The van der Waals surface area contributed by atoms with E-state index in [1.807, 2.05) is 20.8 Å². The average Bonchev–Trinajstić information content (AvgIpc) is 2.65. The van der Waals surface area contributed by atoms with Crippen LogP contribution in [-0.2, 0) is 0 Å². The lowest BCUT2D eigenvalue weighted by Crippen LogP contribution is -2.52. The minimum Gasteiger partial charge on any atom is -0.334 e. The summed E-state index contributed by atoms with van der Waals surface area (Å²) in [4.78, 5) is 11.4. The molecular weight excluding hydrogens is 166 g/mol. The van der Waals surface area contributed by atoms with Crippen LogP contribution in [0.4, 0.5) is 4.79 Å². The van der Waals surface area contributed by atoms with Gasteiger partial charge in [0.2, 0.25) is 0 Å². The number of hydrogen-bond donors (Lipinski definition) is 3. The third-order valence-corrected chi connectivity index (χ3v) is 2.11. The van der Waals surface area contributed by atoms with Gasteiger partial charge in [0.05, 0.1) is 5.54 Å². The predicted molar refractivity (Wildman–Crippen MR) is 52.4 cm³/mol. The molecule has 0 spiro atoms. The van der Waals surface area contributed by atoms with E-state index in [0.29, 0.717) is 6.54 Å². The molecule has 4 heteroatoms. The molecule has 1 fully saturated rings. The van der Waals surface area contributed by atoms with Gasteiger partial charge in [-0.1, -0.05) is 0 Å². The smallest absolute Gasteiger partial charge is 0.315 e. The van der Waals surface area contributed by atoms with E-state index in [1.54, 1.807) is 0 Å². The summed E-state index contributed by atoms with van der Waals surface area (Å²) < 4.78 is 0. The van der Waals surface area contributed by atoms with E-state index in [4.69, 9.17) is 5.73 Å². The molecule has 1 saturated carbocycles. The van der Waals surface area contributed by atoms with Gasteiger partial charge in [-0.15, -0.1) is 0 Å². The van der Waals surface area contributed by atoms with E-state index in [9.17, 15) is 4.79 Å². The highest BCUT2D eigenvalue weighted by Crippen LogP contribution is 2.33. The van der Waals surface area contributed by atoms with Crippen molar-refractivity contribution in [3.05, 3.63) is 0 Å². The van der Waals surface area contributed by atoms with Crippen LogP contribution in [0, 0.1) is 0 Å². The van der Waals surface area contributed by atoms with Crippen molar-refractivity contribution in [2.75, 3.05) is 6.54 Å². The van der Waals surface area contributed by atoms with Crippen LogP contribution in [0.15, 0.2) is 0 Å². The number of hydrogen-bond acceptors (Lipinski definition) is 2. The summed E-state index contributed by atoms with van der Waals surface area (Å²) in [7, 11) is 0. The largest absolute Gasteiger partial charge is 0.334 e. The van der Waals surface area contributed by atoms with Gasteiger partial charge in [0, 0.05) is 12.1 Å². The van der Waals surface area contributed by atoms with Crippen LogP contribution in [0.3, 0.4) is 0 Å². The lowest BCUT2D eigenvalue weighted by molar-refractivity contribution is 0.227. The topological polar surface area (TPSA) is 67.2 Å². The number of rotatable bonds is 2. The van der Waals surface area contributed by atoms with Crippen molar-refractivity contribution in [3.8, 4) is 0 Å². The maximum Gasteiger partial charge on any atom is 0.315 e. The Morgan fingerprint density at radius 3 is 2.31 bits per heavy atom. The maximum atomic E-state index is 11.4. The number of carbonyl (C=O) groups excluding carboxylic acids is 1. The van der Waals surface area contributed by atoms with E-state index in [1.165, 1.54) is 0 Å². The normalized spacial score (nSPS) is 19.4. The Morgan fingerprint density at radius 1 is 1.46 bits per heavy atom. The Kier molecular flexibility index (Phi) is 2.52. The van der Waals surface area contributed by atoms with E-state index in [0.717, 1.165) is 12.8 Å². The number of urea groups is 1. The summed E-state index contributed by atoms with van der Waals surface area (Å²) in [6, 6.07) is -0.115. The lowest BCUT2D eigenvalue weighted by atomic mass is 10.1. The van der Waals surface area contributed by atoms with E-state index in [2.05, 4.69) is 10.6 Å². The number of amides is 2. The van der Waals surface area contributed by atoms with Gasteiger partial charge in [-0.25, -0.2) is 4.79 Å². The fourth-order valence-electron chi connectivity index (χ4n) is 1.14. The lowest BCUT2D eigenvalue weighted by Gasteiger charge is -2.23. The second kappa shape index (κ2) is 3.18. The van der Waals surface area contributed by atoms with Crippen LogP contribution < -0.4 is 16.4 Å². The first-order valence-corrected chi connectivity index (χ1v) is 4.67. The molecule has 0 radical (unpaired) electrons. The average molecular weight is 185 g/mol. The standard InChI is InChI=1S/C9H19N3O/c1-8(2,3)11-7(13)12-9(6-10)4-5-9/h4-6,10H2,1-3H3,(H2,11,12,13). The summed E-state index contributed by atoms with van der Waals surface area (Å²) >= 11 is 0. The molecule has 0 heterocycles. The third-order valence-electron chi connectivity index (χ3n) is 2.11. The van der Waals surface area contributed by atoms with E-state index < -0.39 is 0 Å². The Bertz CT molecular complexity index is 203. The molecular formula is C9H19N3O. The van der Waals surface area contributed by atoms with Crippen LogP contribution in [-0.4, -0.2) is 23.7 Å². The number of nitrogens with two attached hydrogens (primary N) is 1. The van der Waals surface area contributed by atoms with Gasteiger partial charge in [-0.05, 0) is 33.6 Å². The molecule has 0 unspecified atom stereocenters. The van der Waals surface area contributed by atoms with Crippen molar-refractivity contribution in [1.29, 1.82) is 0 Å². The third kappa shape index (κ3) is 3.22. The second-order valence-electron chi connectivity index (χ2n) is 4.81. The summed E-state index contributed by atoms with van der Waals surface area (Å²) in [6.45, 7) is 6.39. The van der Waals surface area contributed by atoms with Crippen LogP contribution in [0.25, 0.3) is 0 Å².